The molecule has 1 N–H and O–H groups in total. The molecule has 0 spiro atoms. The van der Waals surface area contributed by atoms with Gasteiger partial charge in [0.2, 0.25) is 0 Å². The number of H-pyrrole nitrogens is 1. The molecular weight excluding hydrogens is 230 g/mol. The molecule has 0 amide bonds. The average Bonchev–Trinajstić information content (AvgIpc) is 2.71. The minimum atomic E-state index is 0.418. The second kappa shape index (κ2) is 4.13. The molecule has 1 nitrogen and oxygen atoms in total. The van der Waals surface area contributed by atoms with E-state index in [0.29, 0.717) is 5.41 Å². The summed E-state index contributed by atoms with van der Waals surface area (Å²) in [7, 11) is 0. The lowest BCUT2D eigenvalue weighted by Gasteiger charge is -2.34. The van der Waals surface area contributed by atoms with Crippen molar-refractivity contribution >= 4 is 10.9 Å². The van der Waals surface area contributed by atoms with Crippen LogP contribution in [-0.4, -0.2) is 4.98 Å². The molecule has 1 aliphatic rings. The van der Waals surface area contributed by atoms with Crippen molar-refractivity contribution in [1.29, 1.82) is 0 Å². The second-order valence-corrected chi connectivity index (χ2v) is 7.32. The maximum Gasteiger partial charge on any atom is 0.0491 e. The molecule has 0 bridgehead atoms. The van der Waals surface area contributed by atoms with Crippen molar-refractivity contribution < 1.29 is 0 Å². The Balaban J connectivity index is 2.12. The predicted molar refractivity (Wildman–Crippen MR) is 82.7 cm³/mol. The maximum atomic E-state index is 3.70. The molecule has 1 atom stereocenters. The Labute approximate surface area is 116 Å². The van der Waals surface area contributed by atoms with Crippen molar-refractivity contribution in [2.75, 3.05) is 0 Å². The minimum absolute atomic E-state index is 0.418. The number of nitrogens with one attached hydrogen (secondary N) is 1. The largest absolute Gasteiger partial charge is 0.358 e. The zero-order valence-electron chi connectivity index (χ0n) is 12.9. The first kappa shape index (κ1) is 12.8. The molecule has 1 heterocycles. The molecule has 102 valence electrons. The number of hydrogen-bond donors (Lipinski definition) is 1. The van der Waals surface area contributed by atoms with Crippen molar-refractivity contribution in [3.05, 3.63) is 34.5 Å². The van der Waals surface area contributed by atoms with Gasteiger partial charge in [0.05, 0.1) is 0 Å². The SMILES string of the molecule is Cc1ccc2c3c([nH]c2c1C)CCC(C(C)(C)C)C3. The van der Waals surface area contributed by atoms with Gasteiger partial charge in [-0.2, -0.15) is 0 Å². The van der Waals surface area contributed by atoms with E-state index in [1.807, 2.05) is 0 Å². The summed E-state index contributed by atoms with van der Waals surface area (Å²) < 4.78 is 0. The van der Waals surface area contributed by atoms with E-state index in [2.05, 4.69) is 51.7 Å². The lowest BCUT2D eigenvalue weighted by Crippen LogP contribution is -2.26. The van der Waals surface area contributed by atoms with Crippen LogP contribution in [0.3, 0.4) is 0 Å². The lowest BCUT2D eigenvalue weighted by atomic mass is 9.71. The van der Waals surface area contributed by atoms with Gasteiger partial charge in [0.1, 0.15) is 0 Å². The maximum absolute atomic E-state index is 3.70. The van der Waals surface area contributed by atoms with E-state index in [0.717, 1.165) is 5.92 Å². The smallest absolute Gasteiger partial charge is 0.0491 e. The quantitative estimate of drug-likeness (QED) is 0.686. The first-order valence-corrected chi connectivity index (χ1v) is 7.47. The molecule has 3 rings (SSSR count). The van der Waals surface area contributed by atoms with Crippen LogP contribution in [0.4, 0.5) is 0 Å². The lowest BCUT2D eigenvalue weighted by molar-refractivity contribution is 0.216. The molecule has 1 aliphatic carbocycles. The Morgan fingerprint density at radius 1 is 1.16 bits per heavy atom. The third-order valence-electron chi connectivity index (χ3n) is 5.12. The van der Waals surface area contributed by atoms with Crippen molar-refractivity contribution in [3.8, 4) is 0 Å². The summed E-state index contributed by atoms with van der Waals surface area (Å²) in [5, 5.41) is 1.46. The number of benzene rings is 1. The van der Waals surface area contributed by atoms with Gasteiger partial charge in [-0.1, -0.05) is 32.9 Å². The molecule has 2 aromatic rings. The van der Waals surface area contributed by atoms with Crippen LogP contribution in [0.1, 0.15) is 49.6 Å². The highest BCUT2D eigenvalue weighted by molar-refractivity contribution is 5.88. The summed E-state index contributed by atoms with van der Waals surface area (Å²) in [5.74, 6) is 0.806. The van der Waals surface area contributed by atoms with Gasteiger partial charge in [0.15, 0.2) is 0 Å². The normalized spacial score (nSPS) is 19.7. The van der Waals surface area contributed by atoms with E-state index in [-0.39, 0.29) is 0 Å². The third kappa shape index (κ3) is 2.00. The summed E-state index contributed by atoms with van der Waals surface area (Å²) in [4.78, 5) is 3.70. The molecule has 0 saturated heterocycles. The second-order valence-electron chi connectivity index (χ2n) is 7.32. The number of aryl methyl sites for hydroxylation is 3. The Kier molecular flexibility index (Phi) is 2.78. The van der Waals surface area contributed by atoms with Crippen LogP contribution in [-0.2, 0) is 12.8 Å². The van der Waals surface area contributed by atoms with E-state index in [1.54, 1.807) is 5.56 Å². The van der Waals surface area contributed by atoms with Crippen molar-refractivity contribution in [1.82, 2.24) is 4.98 Å². The van der Waals surface area contributed by atoms with Gasteiger partial charge < -0.3 is 4.98 Å². The van der Waals surface area contributed by atoms with Gasteiger partial charge in [-0.05, 0) is 61.1 Å². The van der Waals surface area contributed by atoms with Crippen LogP contribution in [0.2, 0.25) is 0 Å². The van der Waals surface area contributed by atoms with Crippen molar-refractivity contribution in [2.24, 2.45) is 11.3 Å². The van der Waals surface area contributed by atoms with Crippen molar-refractivity contribution in [2.45, 2.75) is 53.9 Å². The summed E-state index contributed by atoms with van der Waals surface area (Å²) in [6, 6.07) is 4.59. The summed E-state index contributed by atoms with van der Waals surface area (Å²) in [5.41, 5.74) is 7.67. The summed E-state index contributed by atoms with van der Waals surface area (Å²) >= 11 is 0. The van der Waals surface area contributed by atoms with Gasteiger partial charge >= 0.3 is 0 Å². The van der Waals surface area contributed by atoms with Gasteiger partial charge in [-0.25, -0.2) is 0 Å². The molecule has 1 aromatic carbocycles. The average molecular weight is 255 g/mol. The van der Waals surface area contributed by atoms with E-state index in [1.165, 1.54) is 47.0 Å². The third-order valence-corrected chi connectivity index (χ3v) is 5.12. The van der Waals surface area contributed by atoms with Gasteiger partial charge in [0, 0.05) is 16.6 Å². The molecule has 0 radical (unpaired) electrons. The highest BCUT2D eigenvalue weighted by atomic mass is 14.7. The van der Waals surface area contributed by atoms with Crippen LogP contribution in [0.5, 0.6) is 0 Å². The van der Waals surface area contributed by atoms with Crippen LogP contribution >= 0.6 is 0 Å². The highest BCUT2D eigenvalue weighted by Crippen LogP contribution is 2.40. The van der Waals surface area contributed by atoms with Crippen LogP contribution in [0.15, 0.2) is 12.1 Å². The monoisotopic (exact) mass is 255 g/mol. The zero-order chi connectivity index (χ0) is 13.8. The fraction of sp³-hybridized carbons (Fsp3) is 0.556. The molecule has 1 aromatic heterocycles. The topological polar surface area (TPSA) is 15.8 Å². The standard InChI is InChI=1S/C18H25N/c1-11-6-8-14-15-10-13(18(3,4)5)7-9-16(15)19-17(14)12(11)2/h6,8,13,19H,7,9-10H2,1-5H3. The molecule has 19 heavy (non-hydrogen) atoms. The fourth-order valence-electron chi connectivity index (χ4n) is 3.47. The number of rotatable bonds is 0. The van der Waals surface area contributed by atoms with Gasteiger partial charge in [-0.15, -0.1) is 0 Å². The number of fused-ring (bicyclic) bond motifs is 3. The van der Waals surface area contributed by atoms with Gasteiger partial charge in [0.25, 0.3) is 0 Å². The molecule has 1 heteroatoms. The first-order valence-electron chi connectivity index (χ1n) is 7.47. The molecular formula is C18H25N. The number of hydrogen-bond acceptors (Lipinski definition) is 0. The molecule has 0 aliphatic heterocycles. The van der Waals surface area contributed by atoms with Gasteiger partial charge in [-0.3, -0.25) is 0 Å². The molecule has 0 saturated carbocycles. The number of aromatic nitrogens is 1. The van der Waals surface area contributed by atoms with Crippen LogP contribution in [0.25, 0.3) is 10.9 Å². The minimum Gasteiger partial charge on any atom is -0.358 e. The highest BCUT2D eigenvalue weighted by Gasteiger charge is 2.30. The summed E-state index contributed by atoms with van der Waals surface area (Å²) in [6.07, 6.45) is 3.77. The van der Waals surface area contributed by atoms with E-state index in [4.69, 9.17) is 0 Å². The Morgan fingerprint density at radius 3 is 2.58 bits per heavy atom. The van der Waals surface area contributed by atoms with E-state index in [9.17, 15) is 0 Å². The molecule has 1 unspecified atom stereocenters. The number of aromatic amines is 1. The van der Waals surface area contributed by atoms with E-state index < -0.39 is 0 Å². The summed E-state index contributed by atoms with van der Waals surface area (Å²) in [6.45, 7) is 11.6. The molecule has 0 fully saturated rings. The van der Waals surface area contributed by atoms with Crippen LogP contribution in [0, 0.1) is 25.2 Å². The van der Waals surface area contributed by atoms with Crippen LogP contribution < -0.4 is 0 Å². The fourth-order valence-corrected chi connectivity index (χ4v) is 3.47. The Bertz CT molecular complexity index is 625. The first-order chi connectivity index (χ1) is 8.88. The zero-order valence-corrected chi connectivity index (χ0v) is 12.9. The van der Waals surface area contributed by atoms with E-state index >= 15 is 0 Å². The predicted octanol–water partition coefficient (Wildman–Crippen LogP) is 4.94. The van der Waals surface area contributed by atoms with Crippen molar-refractivity contribution in [3.63, 3.8) is 0 Å². The Hall–Kier alpha value is -1.24. The Morgan fingerprint density at radius 2 is 1.89 bits per heavy atom.